The number of nitro benzene ring substituents is 1. The molecule has 1 aliphatic heterocycles. The van der Waals surface area contributed by atoms with Gasteiger partial charge < -0.3 is 14.2 Å². The van der Waals surface area contributed by atoms with Crippen LogP contribution >= 0.6 is 27.3 Å². The maximum Gasteiger partial charge on any atom is 0.338 e. The van der Waals surface area contributed by atoms with Crippen molar-refractivity contribution in [1.29, 1.82) is 0 Å². The van der Waals surface area contributed by atoms with Crippen molar-refractivity contribution in [3.05, 3.63) is 159 Å². The summed E-state index contributed by atoms with van der Waals surface area (Å²) in [5.74, 6) is -0.301. The highest BCUT2D eigenvalue weighted by Gasteiger charge is 2.35. The molecule has 4 aromatic carbocycles. The minimum atomic E-state index is -0.940. The van der Waals surface area contributed by atoms with Crippen LogP contribution in [0.2, 0.25) is 0 Å². The molecule has 5 aromatic rings. The standard InChI is InChI=1S/C36H27BrFN3O7S/c1-3-47-35(43)30-31(23-7-5-4-6-8-23)39-36-40(32(30)24-11-13-25(38)14-12-24)34(42)29(49-36)19-22-17-27(37)33(28(18-22)46-2)48-20-21-9-15-26(16-10-21)41(44)45/h4-19,32H,3,20H2,1-2H3/b29-19-/t32-/m0/s1. The van der Waals surface area contributed by atoms with Gasteiger partial charge in [-0.2, -0.15) is 0 Å². The second-order valence-corrected chi connectivity index (χ2v) is 12.6. The number of nitrogens with zero attached hydrogens (tertiary/aromatic N) is 3. The van der Waals surface area contributed by atoms with Crippen molar-refractivity contribution in [3.63, 3.8) is 0 Å². The summed E-state index contributed by atoms with van der Waals surface area (Å²) < 4.78 is 33.5. The van der Waals surface area contributed by atoms with Crippen LogP contribution in [0.5, 0.6) is 11.5 Å². The highest BCUT2D eigenvalue weighted by atomic mass is 79.9. The third-order valence-electron chi connectivity index (χ3n) is 7.64. The van der Waals surface area contributed by atoms with Gasteiger partial charge in [0.15, 0.2) is 16.3 Å². The van der Waals surface area contributed by atoms with E-state index in [-0.39, 0.29) is 24.5 Å². The number of aromatic nitrogens is 1. The van der Waals surface area contributed by atoms with Gasteiger partial charge in [0.1, 0.15) is 12.4 Å². The molecule has 6 rings (SSSR count). The van der Waals surface area contributed by atoms with Gasteiger partial charge in [-0.15, -0.1) is 0 Å². The molecule has 1 aromatic heterocycles. The number of halogens is 2. The molecule has 1 aliphatic rings. The number of fused-ring (bicyclic) bond motifs is 1. The Morgan fingerprint density at radius 1 is 1.08 bits per heavy atom. The Morgan fingerprint density at radius 2 is 1.80 bits per heavy atom. The first kappa shape index (κ1) is 33.5. The molecule has 1 atom stereocenters. The monoisotopic (exact) mass is 743 g/mol. The highest BCUT2D eigenvalue weighted by Crippen LogP contribution is 2.38. The fraction of sp³-hybridized carbons (Fsp3) is 0.139. The zero-order valence-electron chi connectivity index (χ0n) is 26.1. The van der Waals surface area contributed by atoms with Crippen LogP contribution in [0, 0.1) is 15.9 Å². The molecule has 0 aliphatic carbocycles. The molecule has 0 saturated heterocycles. The normalized spacial score (nSPS) is 14.2. The van der Waals surface area contributed by atoms with Gasteiger partial charge in [0.25, 0.3) is 11.2 Å². The lowest BCUT2D eigenvalue weighted by molar-refractivity contribution is -0.384. The van der Waals surface area contributed by atoms with Crippen molar-refractivity contribution in [2.45, 2.75) is 19.6 Å². The zero-order chi connectivity index (χ0) is 34.7. The molecule has 0 amide bonds. The lowest BCUT2D eigenvalue weighted by atomic mass is 9.93. The van der Waals surface area contributed by atoms with Gasteiger partial charge in [-0.25, -0.2) is 14.2 Å². The van der Waals surface area contributed by atoms with E-state index in [0.29, 0.717) is 47.7 Å². The Balaban J connectivity index is 1.45. The van der Waals surface area contributed by atoms with Crippen LogP contribution < -0.4 is 24.4 Å². The van der Waals surface area contributed by atoms with Crippen molar-refractivity contribution in [2.75, 3.05) is 13.7 Å². The van der Waals surface area contributed by atoms with Crippen molar-refractivity contribution in [3.8, 4) is 11.5 Å². The number of carbonyl (C=O) groups excluding carboxylic acids is 1. The van der Waals surface area contributed by atoms with Crippen molar-refractivity contribution in [2.24, 2.45) is 4.99 Å². The van der Waals surface area contributed by atoms with Crippen LogP contribution in [0.3, 0.4) is 0 Å². The van der Waals surface area contributed by atoms with E-state index in [1.807, 2.05) is 30.3 Å². The fourth-order valence-corrected chi connectivity index (χ4v) is 6.96. The molecule has 0 radical (unpaired) electrons. The number of nitro groups is 1. The van der Waals surface area contributed by atoms with Crippen LogP contribution in [-0.2, 0) is 16.1 Å². The SMILES string of the molecule is CCOC(=O)C1=C(c2ccccc2)N=c2s/c(=C\c3cc(Br)c(OCc4ccc([N+](=O)[O-])cc4)c(OC)c3)c(=O)n2[C@H]1c1ccc(F)cc1. The number of carbonyl (C=O) groups is 1. The molecule has 0 fully saturated rings. The summed E-state index contributed by atoms with van der Waals surface area (Å²) in [5, 5.41) is 11.0. The summed E-state index contributed by atoms with van der Waals surface area (Å²) in [6, 6.07) is 23.4. The topological polar surface area (TPSA) is 122 Å². The van der Waals surface area contributed by atoms with Gasteiger partial charge in [-0.1, -0.05) is 53.8 Å². The van der Waals surface area contributed by atoms with E-state index in [1.54, 1.807) is 49.4 Å². The molecule has 0 N–H and O–H groups in total. The van der Waals surface area contributed by atoms with Crippen LogP contribution in [0.1, 0.15) is 35.2 Å². The second-order valence-electron chi connectivity index (χ2n) is 10.7. The minimum absolute atomic E-state index is 0.0189. The average molecular weight is 745 g/mol. The summed E-state index contributed by atoms with van der Waals surface area (Å²) in [5.41, 5.74) is 2.61. The molecule has 0 bridgehead atoms. The number of non-ortho nitro benzene ring substituents is 1. The van der Waals surface area contributed by atoms with Gasteiger partial charge in [0.2, 0.25) is 0 Å². The second kappa shape index (κ2) is 14.4. The number of benzene rings is 4. The summed E-state index contributed by atoms with van der Waals surface area (Å²) in [4.78, 5) is 43.5. The number of methoxy groups -OCH3 is 1. The Labute approximate surface area is 291 Å². The minimum Gasteiger partial charge on any atom is -0.493 e. The maximum atomic E-state index is 14.2. The third-order valence-corrected chi connectivity index (χ3v) is 9.21. The van der Waals surface area contributed by atoms with Crippen molar-refractivity contribution < 1.29 is 28.3 Å². The number of thiazole rings is 1. The predicted octanol–water partition coefficient (Wildman–Crippen LogP) is 6.33. The summed E-state index contributed by atoms with van der Waals surface area (Å²) in [7, 11) is 1.49. The average Bonchev–Trinajstić information content (AvgIpc) is 3.41. The van der Waals surface area contributed by atoms with E-state index < -0.39 is 28.3 Å². The summed E-state index contributed by atoms with van der Waals surface area (Å²) in [6.45, 7) is 1.93. The Kier molecular flexibility index (Phi) is 9.83. The van der Waals surface area contributed by atoms with Gasteiger partial charge in [-0.05, 0) is 82.0 Å². The molecule has 49 heavy (non-hydrogen) atoms. The van der Waals surface area contributed by atoms with Gasteiger partial charge in [0, 0.05) is 17.7 Å². The molecule has 13 heteroatoms. The van der Waals surface area contributed by atoms with Crippen molar-refractivity contribution >= 4 is 50.7 Å². The van der Waals surface area contributed by atoms with Crippen LogP contribution in [-0.4, -0.2) is 29.2 Å². The molecular weight excluding hydrogens is 717 g/mol. The van der Waals surface area contributed by atoms with E-state index in [4.69, 9.17) is 19.2 Å². The summed E-state index contributed by atoms with van der Waals surface area (Å²) >= 11 is 4.70. The first-order valence-corrected chi connectivity index (χ1v) is 16.6. The van der Waals surface area contributed by atoms with Crippen molar-refractivity contribution in [1.82, 2.24) is 4.57 Å². The van der Waals surface area contributed by atoms with Crippen LogP contribution in [0.15, 0.2) is 111 Å². The van der Waals surface area contributed by atoms with E-state index in [9.17, 15) is 24.1 Å². The first-order valence-electron chi connectivity index (χ1n) is 15.0. The highest BCUT2D eigenvalue weighted by molar-refractivity contribution is 9.10. The Hall–Kier alpha value is -5.40. The Morgan fingerprint density at radius 3 is 2.45 bits per heavy atom. The first-order chi connectivity index (χ1) is 23.7. The fourth-order valence-electron chi connectivity index (χ4n) is 5.38. The predicted molar refractivity (Wildman–Crippen MR) is 186 cm³/mol. The third kappa shape index (κ3) is 6.94. The van der Waals surface area contributed by atoms with Crippen LogP contribution in [0.4, 0.5) is 10.1 Å². The number of ether oxygens (including phenoxy) is 3. The van der Waals surface area contributed by atoms with Crippen LogP contribution in [0.25, 0.3) is 11.8 Å². The van der Waals surface area contributed by atoms with E-state index in [1.165, 1.54) is 35.9 Å². The molecule has 2 heterocycles. The van der Waals surface area contributed by atoms with Gasteiger partial charge in [0.05, 0.1) is 45.0 Å². The summed E-state index contributed by atoms with van der Waals surface area (Å²) in [6.07, 6.45) is 1.69. The maximum absolute atomic E-state index is 14.2. The molecular formula is C36H27BrFN3O7S. The molecule has 10 nitrogen and oxygen atoms in total. The van der Waals surface area contributed by atoms with E-state index in [0.717, 1.165) is 16.9 Å². The number of esters is 1. The molecule has 0 unspecified atom stereocenters. The lowest BCUT2D eigenvalue weighted by Gasteiger charge is -2.25. The van der Waals surface area contributed by atoms with E-state index >= 15 is 0 Å². The van der Waals surface area contributed by atoms with Gasteiger partial charge >= 0.3 is 5.97 Å². The lowest BCUT2D eigenvalue weighted by Crippen LogP contribution is -2.40. The quantitative estimate of drug-likeness (QED) is 0.0931. The number of rotatable bonds is 10. The Bertz CT molecular complexity index is 2270. The van der Waals surface area contributed by atoms with E-state index in [2.05, 4.69) is 15.9 Å². The zero-order valence-corrected chi connectivity index (χ0v) is 28.5. The van der Waals surface area contributed by atoms with Gasteiger partial charge in [-0.3, -0.25) is 19.5 Å². The smallest absolute Gasteiger partial charge is 0.338 e. The molecule has 248 valence electrons. The molecule has 0 spiro atoms. The number of hydrogen-bond donors (Lipinski definition) is 0. The molecule has 0 saturated carbocycles. The number of hydrogen-bond acceptors (Lipinski definition) is 9. The largest absolute Gasteiger partial charge is 0.493 e.